The van der Waals surface area contributed by atoms with E-state index in [1.54, 1.807) is 0 Å². The predicted molar refractivity (Wildman–Crippen MR) is 74.7 cm³/mol. The smallest absolute Gasteiger partial charge is 0.126 e. The molecule has 2 unspecified atom stereocenters. The van der Waals surface area contributed by atoms with Crippen molar-refractivity contribution in [3.8, 4) is 5.75 Å². The maximum atomic E-state index is 6.53. The van der Waals surface area contributed by atoms with Crippen molar-refractivity contribution in [2.45, 2.75) is 45.1 Å². The van der Waals surface area contributed by atoms with Crippen LogP contribution >= 0.6 is 11.6 Å². The minimum atomic E-state index is 0.392. The van der Waals surface area contributed by atoms with Crippen molar-refractivity contribution in [3.05, 3.63) is 27.8 Å². The van der Waals surface area contributed by atoms with Crippen molar-refractivity contribution in [1.29, 1.82) is 0 Å². The van der Waals surface area contributed by atoms with E-state index in [-0.39, 0.29) is 0 Å². The summed E-state index contributed by atoms with van der Waals surface area (Å²) in [5.74, 6) is 1.69. The molecular weight excluding hydrogens is 246 g/mol. The molecule has 1 aromatic rings. The molecule has 1 aromatic carbocycles. The Morgan fingerprint density at radius 1 is 1.39 bits per heavy atom. The number of hydrogen-bond acceptors (Lipinski definition) is 2. The van der Waals surface area contributed by atoms with Gasteiger partial charge in [-0.1, -0.05) is 25.4 Å². The highest BCUT2D eigenvalue weighted by Gasteiger charge is 2.32. The van der Waals surface area contributed by atoms with Gasteiger partial charge >= 0.3 is 0 Å². The van der Waals surface area contributed by atoms with E-state index in [1.165, 1.54) is 29.5 Å². The zero-order chi connectivity index (χ0) is 12.7. The first-order valence-corrected chi connectivity index (χ1v) is 7.31. The van der Waals surface area contributed by atoms with Gasteiger partial charge in [0.25, 0.3) is 0 Å². The van der Waals surface area contributed by atoms with Gasteiger partial charge in [-0.2, -0.15) is 0 Å². The van der Waals surface area contributed by atoms with Crippen LogP contribution in [0, 0.1) is 0 Å². The summed E-state index contributed by atoms with van der Waals surface area (Å²) in [6, 6.07) is 2.51. The number of benzene rings is 1. The second-order valence-electron chi connectivity index (χ2n) is 5.36. The van der Waals surface area contributed by atoms with Gasteiger partial charge in [0.1, 0.15) is 5.75 Å². The van der Waals surface area contributed by atoms with E-state index in [0.717, 1.165) is 30.3 Å². The van der Waals surface area contributed by atoms with E-state index in [1.807, 2.05) is 0 Å². The van der Waals surface area contributed by atoms with Crippen LogP contribution in [0.3, 0.4) is 0 Å². The van der Waals surface area contributed by atoms with Gasteiger partial charge in [-0.15, -0.1) is 0 Å². The Bertz CT molecular complexity index is 472. The van der Waals surface area contributed by atoms with Gasteiger partial charge < -0.3 is 10.1 Å². The van der Waals surface area contributed by atoms with Crippen LogP contribution in [0.5, 0.6) is 5.75 Å². The summed E-state index contributed by atoms with van der Waals surface area (Å²) in [6.45, 7) is 6.22. The molecule has 1 aliphatic carbocycles. The fraction of sp³-hybridized carbons (Fsp3) is 0.600. The Labute approximate surface area is 114 Å². The highest BCUT2D eigenvalue weighted by Crippen LogP contribution is 2.48. The van der Waals surface area contributed by atoms with Crippen LogP contribution in [-0.4, -0.2) is 13.2 Å². The molecule has 0 radical (unpaired) electrons. The molecule has 18 heavy (non-hydrogen) atoms. The lowest BCUT2D eigenvalue weighted by atomic mass is 9.79. The molecule has 1 aliphatic heterocycles. The predicted octanol–water partition coefficient (Wildman–Crippen LogP) is 3.82. The first-order valence-electron chi connectivity index (χ1n) is 6.93. The molecule has 0 amide bonds. The molecule has 0 bridgehead atoms. The number of nitrogens with one attached hydrogen (secondary N) is 1. The van der Waals surface area contributed by atoms with Crippen molar-refractivity contribution in [2.24, 2.45) is 0 Å². The zero-order valence-corrected chi connectivity index (χ0v) is 11.8. The van der Waals surface area contributed by atoms with Crippen molar-refractivity contribution in [2.75, 3.05) is 13.2 Å². The number of ether oxygens (including phenoxy) is 1. The third-order valence-corrected chi connectivity index (χ3v) is 4.50. The molecule has 3 rings (SSSR count). The van der Waals surface area contributed by atoms with Crippen LogP contribution in [0.15, 0.2) is 6.07 Å². The van der Waals surface area contributed by atoms with E-state index >= 15 is 0 Å². The molecule has 0 aromatic heterocycles. The molecule has 0 fully saturated rings. The summed E-state index contributed by atoms with van der Waals surface area (Å²) in [5.41, 5.74) is 3.95. The normalized spacial score (nSPS) is 25.5. The highest BCUT2D eigenvalue weighted by atomic mass is 35.5. The van der Waals surface area contributed by atoms with Gasteiger partial charge in [0, 0.05) is 23.0 Å². The fourth-order valence-electron chi connectivity index (χ4n) is 3.34. The largest absolute Gasteiger partial charge is 0.493 e. The summed E-state index contributed by atoms with van der Waals surface area (Å²) in [4.78, 5) is 0. The first-order chi connectivity index (χ1) is 8.72. The van der Waals surface area contributed by atoms with Crippen LogP contribution < -0.4 is 10.1 Å². The highest BCUT2D eigenvalue weighted by molar-refractivity contribution is 6.31. The van der Waals surface area contributed by atoms with Crippen molar-refractivity contribution < 1.29 is 4.74 Å². The lowest BCUT2D eigenvalue weighted by molar-refractivity contribution is 0.344. The second-order valence-corrected chi connectivity index (χ2v) is 5.77. The lowest BCUT2D eigenvalue weighted by Crippen LogP contribution is -2.26. The van der Waals surface area contributed by atoms with Crippen LogP contribution in [0.25, 0.3) is 0 Å². The average molecular weight is 266 g/mol. The number of halogens is 1. The molecule has 0 saturated heterocycles. The summed E-state index contributed by atoms with van der Waals surface area (Å²) >= 11 is 6.53. The van der Waals surface area contributed by atoms with Crippen molar-refractivity contribution in [3.63, 3.8) is 0 Å². The lowest BCUT2D eigenvalue weighted by Gasteiger charge is -2.32. The molecule has 0 saturated carbocycles. The Balaban J connectivity index is 2.15. The fourth-order valence-corrected chi connectivity index (χ4v) is 3.70. The zero-order valence-electron chi connectivity index (χ0n) is 11.1. The summed E-state index contributed by atoms with van der Waals surface area (Å²) in [5, 5.41) is 4.48. The monoisotopic (exact) mass is 265 g/mol. The molecule has 2 aliphatic rings. The molecule has 2 atom stereocenters. The van der Waals surface area contributed by atoms with Crippen LogP contribution in [0.4, 0.5) is 0 Å². The molecule has 2 nitrogen and oxygen atoms in total. The summed E-state index contributed by atoms with van der Waals surface area (Å²) in [6.07, 6.45) is 3.38. The number of fused-ring (bicyclic) bond motifs is 3. The quantitative estimate of drug-likeness (QED) is 0.878. The minimum Gasteiger partial charge on any atom is -0.493 e. The number of rotatable bonds is 2. The maximum Gasteiger partial charge on any atom is 0.126 e. The van der Waals surface area contributed by atoms with E-state index in [2.05, 4.69) is 25.2 Å². The summed E-state index contributed by atoms with van der Waals surface area (Å²) in [7, 11) is 0. The van der Waals surface area contributed by atoms with Gasteiger partial charge in [-0.25, -0.2) is 0 Å². The van der Waals surface area contributed by atoms with E-state index in [0.29, 0.717) is 12.0 Å². The molecule has 1 heterocycles. The van der Waals surface area contributed by atoms with Crippen LogP contribution in [0.2, 0.25) is 5.02 Å². The maximum absolute atomic E-state index is 6.53. The molecule has 1 N–H and O–H groups in total. The van der Waals surface area contributed by atoms with Gasteiger partial charge in [0.05, 0.1) is 6.61 Å². The van der Waals surface area contributed by atoms with E-state index in [4.69, 9.17) is 16.3 Å². The molecule has 3 heteroatoms. The second kappa shape index (κ2) is 4.75. The summed E-state index contributed by atoms with van der Waals surface area (Å²) < 4.78 is 5.86. The molecule has 0 spiro atoms. The van der Waals surface area contributed by atoms with Crippen molar-refractivity contribution >= 4 is 11.6 Å². The topological polar surface area (TPSA) is 21.3 Å². The van der Waals surface area contributed by atoms with Crippen LogP contribution in [-0.2, 0) is 6.42 Å². The first kappa shape index (κ1) is 12.3. The van der Waals surface area contributed by atoms with Gasteiger partial charge in [0.2, 0.25) is 0 Å². The van der Waals surface area contributed by atoms with Gasteiger partial charge in [0.15, 0.2) is 0 Å². The van der Waals surface area contributed by atoms with E-state index in [9.17, 15) is 0 Å². The van der Waals surface area contributed by atoms with E-state index < -0.39 is 0 Å². The molecular formula is C15H20ClNO. The SMILES string of the molecule is CCNC1CCC(C)c2c3c(cc(Cl)c21)CCO3. The Kier molecular flexibility index (Phi) is 3.25. The van der Waals surface area contributed by atoms with Crippen molar-refractivity contribution in [1.82, 2.24) is 5.32 Å². The van der Waals surface area contributed by atoms with Crippen LogP contribution in [0.1, 0.15) is 55.3 Å². The van der Waals surface area contributed by atoms with Gasteiger partial charge in [-0.05, 0) is 42.5 Å². The third kappa shape index (κ3) is 1.83. The Hall–Kier alpha value is -0.730. The minimum absolute atomic E-state index is 0.392. The average Bonchev–Trinajstić information content (AvgIpc) is 2.80. The number of hydrogen-bond donors (Lipinski definition) is 1. The van der Waals surface area contributed by atoms with Gasteiger partial charge in [-0.3, -0.25) is 0 Å². The third-order valence-electron chi connectivity index (χ3n) is 4.18. The molecule has 98 valence electrons. The Morgan fingerprint density at radius 2 is 2.22 bits per heavy atom. The standard InChI is InChI=1S/C15H20ClNO/c1-3-17-12-5-4-9(2)13-14(12)11(16)8-10-6-7-18-15(10)13/h8-9,12,17H,3-7H2,1-2H3. The Morgan fingerprint density at radius 3 is 3.00 bits per heavy atom.